The first-order valence-electron chi connectivity index (χ1n) is 25.1. The van der Waals surface area contributed by atoms with Gasteiger partial charge in [-0.1, -0.05) is 179 Å². The standard InChI is InChI=1S/C50H96NO8P/c1-6-8-10-12-14-16-18-20-22-24-25-27-29-31-33-35-37-39-41-43-50(53)59-48(47-58-60(54,55)57-45-44-51(3,4)5)46-56-49(52)42-40-38-36-34-32-30-28-26-23-21-19-17-15-13-11-9-7-2/h20-23,48H,6-19,24-47H2,1-5H3/p+1/b22-20+,23-21+/t48-/m1/s1. The summed E-state index contributed by atoms with van der Waals surface area (Å²) in [6.07, 6.45) is 47.9. The lowest BCUT2D eigenvalue weighted by atomic mass is 10.1. The molecule has 0 heterocycles. The lowest BCUT2D eigenvalue weighted by molar-refractivity contribution is -0.870. The molecule has 0 aromatic rings. The molecule has 0 saturated carbocycles. The number of phosphoric ester groups is 1. The molecule has 354 valence electrons. The highest BCUT2D eigenvalue weighted by Crippen LogP contribution is 2.43. The topological polar surface area (TPSA) is 108 Å². The quantitative estimate of drug-likeness (QED) is 0.0212. The molecule has 0 rings (SSSR count). The van der Waals surface area contributed by atoms with Gasteiger partial charge < -0.3 is 18.9 Å². The molecule has 0 aliphatic rings. The first-order valence-corrected chi connectivity index (χ1v) is 26.6. The molecule has 1 N–H and O–H groups in total. The second-order valence-electron chi connectivity index (χ2n) is 18.2. The molecule has 60 heavy (non-hydrogen) atoms. The maximum atomic E-state index is 12.7. The summed E-state index contributed by atoms with van der Waals surface area (Å²) in [5.41, 5.74) is 0. The molecule has 0 aliphatic carbocycles. The Bertz CT molecular complexity index is 1070. The average molecular weight is 871 g/mol. The van der Waals surface area contributed by atoms with Crippen molar-refractivity contribution in [2.45, 2.75) is 238 Å². The van der Waals surface area contributed by atoms with Gasteiger partial charge >= 0.3 is 19.8 Å². The van der Waals surface area contributed by atoms with Crippen molar-refractivity contribution in [1.82, 2.24) is 0 Å². The van der Waals surface area contributed by atoms with Crippen molar-refractivity contribution in [1.29, 1.82) is 0 Å². The SMILES string of the molecule is CCCCCCCC/C=C/CCCCCCCCCCCC(=O)O[C@H](COC(=O)CCCCCCCCC/C=C/CCCCCCCC)COP(=O)(O)OCC[N+](C)(C)C. The minimum absolute atomic E-state index is 0.0322. The van der Waals surface area contributed by atoms with Gasteiger partial charge in [-0.2, -0.15) is 0 Å². The fourth-order valence-corrected chi connectivity index (χ4v) is 7.75. The first-order chi connectivity index (χ1) is 29.0. The number of allylic oxidation sites excluding steroid dienone is 4. The van der Waals surface area contributed by atoms with E-state index in [0.717, 1.165) is 38.5 Å². The van der Waals surface area contributed by atoms with E-state index < -0.39 is 26.5 Å². The van der Waals surface area contributed by atoms with Crippen molar-refractivity contribution in [3.8, 4) is 0 Å². The van der Waals surface area contributed by atoms with Gasteiger partial charge in [0.05, 0.1) is 27.7 Å². The van der Waals surface area contributed by atoms with Gasteiger partial charge in [0.1, 0.15) is 19.8 Å². The number of quaternary nitrogens is 1. The molecule has 0 amide bonds. The maximum Gasteiger partial charge on any atom is 0.472 e. The van der Waals surface area contributed by atoms with Crippen LogP contribution in [0.3, 0.4) is 0 Å². The fourth-order valence-electron chi connectivity index (χ4n) is 7.00. The van der Waals surface area contributed by atoms with Crippen LogP contribution in [0.4, 0.5) is 0 Å². The molecular weight excluding hydrogens is 774 g/mol. The zero-order valence-corrected chi connectivity index (χ0v) is 40.9. The molecule has 0 aliphatic heterocycles. The lowest BCUT2D eigenvalue weighted by Gasteiger charge is -2.24. The van der Waals surface area contributed by atoms with E-state index in [1.165, 1.54) is 161 Å². The monoisotopic (exact) mass is 871 g/mol. The number of rotatable bonds is 46. The summed E-state index contributed by atoms with van der Waals surface area (Å²) in [6, 6.07) is 0. The lowest BCUT2D eigenvalue weighted by Crippen LogP contribution is -2.37. The van der Waals surface area contributed by atoms with Crippen LogP contribution in [0.25, 0.3) is 0 Å². The van der Waals surface area contributed by atoms with Crippen LogP contribution in [-0.4, -0.2) is 74.9 Å². The van der Waals surface area contributed by atoms with Crippen LogP contribution in [-0.2, 0) is 32.7 Å². The van der Waals surface area contributed by atoms with Crippen LogP contribution in [0.2, 0.25) is 0 Å². The number of esters is 2. The molecule has 0 radical (unpaired) electrons. The van der Waals surface area contributed by atoms with E-state index in [9.17, 15) is 19.0 Å². The van der Waals surface area contributed by atoms with Gasteiger partial charge in [-0.05, 0) is 64.2 Å². The van der Waals surface area contributed by atoms with Crippen molar-refractivity contribution in [2.24, 2.45) is 0 Å². The normalized spacial score (nSPS) is 13.6. The van der Waals surface area contributed by atoms with Gasteiger partial charge in [0.2, 0.25) is 0 Å². The van der Waals surface area contributed by atoms with Crippen LogP contribution in [0, 0.1) is 0 Å². The van der Waals surface area contributed by atoms with Crippen molar-refractivity contribution in [3.63, 3.8) is 0 Å². The van der Waals surface area contributed by atoms with Gasteiger partial charge in [-0.15, -0.1) is 0 Å². The van der Waals surface area contributed by atoms with Gasteiger partial charge in [0, 0.05) is 12.8 Å². The Balaban J connectivity index is 4.27. The Kier molecular flexibility index (Phi) is 41.7. The molecule has 0 aromatic heterocycles. The van der Waals surface area contributed by atoms with Crippen LogP contribution in [0.15, 0.2) is 24.3 Å². The number of unbranched alkanes of at least 4 members (excludes halogenated alkanes) is 28. The maximum absolute atomic E-state index is 12.7. The number of carbonyl (C=O) groups is 2. The summed E-state index contributed by atoms with van der Waals surface area (Å²) < 4.78 is 34.4. The van der Waals surface area contributed by atoms with Crippen molar-refractivity contribution < 1.29 is 42.1 Å². The molecule has 1 unspecified atom stereocenters. The van der Waals surface area contributed by atoms with Gasteiger partial charge in [0.15, 0.2) is 6.10 Å². The first kappa shape index (κ1) is 58.5. The number of phosphoric acid groups is 1. The molecule has 0 aromatic carbocycles. The van der Waals surface area contributed by atoms with Crippen LogP contribution >= 0.6 is 7.82 Å². The molecule has 0 spiro atoms. The molecule has 0 bridgehead atoms. The number of hydrogen-bond donors (Lipinski definition) is 1. The summed E-state index contributed by atoms with van der Waals surface area (Å²) in [5.74, 6) is -0.797. The van der Waals surface area contributed by atoms with Gasteiger partial charge in [-0.25, -0.2) is 4.57 Å². The van der Waals surface area contributed by atoms with Gasteiger partial charge in [0.25, 0.3) is 0 Å². The average Bonchev–Trinajstić information content (AvgIpc) is 3.20. The summed E-state index contributed by atoms with van der Waals surface area (Å²) >= 11 is 0. The van der Waals surface area contributed by atoms with E-state index in [2.05, 4.69) is 38.2 Å². The third kappa shape index (κ3) is 46.0. The second kappa shape index (κ2) is 42.8. The molecule has 9 nitrogen and oxygen atoms in total. The number of ether oxygens (including phenoxy) is 2. The van der Waals surface area contributed by atoms with E-state index in [4.69, 9.17) is 18.5 Å². The Morgan fingerprint density at radius 2 is 0.850 bits per heavy atom. The summed E-state index contributed by atoms with van der Waals surface area (Å²) in [5, 5.41) is 0. The Morgan fingerprint density at radius 1 is 0.500 bits per heavy atom. The number of carbonyl (C=O) groups excluding carboxylic acids is 2. The number of hydrogen-bond acceptors (Lipinski definition) is 7. The van der Waals surface area contributed by atoms with E-state index in [1.54, 1.807) is 0 Å². The minimum atomic E-state index is -4.38. The smallest absolute Gasteiger partial charge is 0.462 e. The largest absolute Gasteiger partial charge is 0.472 e. The van der Waals surface area contributed by atoms with Crippen LogP contribution in [0.1, 0.15) is 232 Å². The number of likely N-dealkylation sites (N-methyl/N-ethyl adjacent to an activating group) is 1. The fraction of sp³-hybridized carbons (Fsp3) is 0.880. The zero-order chi connectivity index (χ0) is 44.3. The van der Waals surface area contributed by atoms with Crippen molar-refractivity contribution in [2.75, 3.05) is 47.5 Å². The molecular formula is C50H97NO8P+. The Labute approximate surface area is 370 Å². The Hall–Kier alpha value is -1.51. The summed E-state index contributed by atoms with van der Waals surface area (Å²) in [7, 11) is 1.48. The zero-order valence-electron chi connectivity index (χ0n) is 40.0. The van der Waals surface area contributed by atoms with E-state index in [1.807, 2.05) is 21.1 Å². The second-order valence-corrected chi connectivity index (χ2v) is 19.6. The van der Waals surface area contributed by atoms with E-state index in [0.29, 0.717) is 17.4 Å². The highest BCUT2D eigenvalue weighted by molar-refractivity contribution is 7.47. The summed E-state index contributed by atoms with van der Waals surface area (Å²) in [4.78, 5) is 35.5. The third-order valence-corrected chi connectivity index (χ3v) is 11.9. The summed E-state index contributed by atoms with van der Waals surface area (Å²) in [6.45, 7) is 4.44. The minimum Gasteiger partial charge on any atom is -0.462 e. The third-order valence-electron chi connectivity index (χ3n) is 11.0. The Morgan fingerprint density at radius 3 is 1.23 bits per heavy atom. The molecule has 0 fully saturated rings. The van der Waals surface area contributed by atoms with Crippen LogP contribution < -0.4 is 0 Å². The van der Waals surface area contributed by atoms with E-state index >= 15 is 0 Å². The van der Waals surface area contributed by atoms with Crippen LogP contribution in [0.5, 0.6) is 0 Å². The van der Waals surface area contributed by atoms with E-state index in [-0.39, 0.29) is 32.0 Å². The molecule has 2 atom stereocenters. The van der Waals surface area contributed by atoms with Crippen molar-refractivity contribution in [3.05, 3.63) is 24.3 Å². The number of nitrogens with zero attached hydrogens (tertiary/aromatic N) is 1. The predicted octanol–water partition coefficient (Wildman–Crippen LogP) is 14.7. The predicted molar refractivity (Wildman–Crippen MR) is 252 cm³/mol. The molecule has 10 heteroatoms. The van der Waals surface area contributed by atoms with Crippen molar-refractivity contribution >= 4 is 19.8 Å². The highest BCUT2D eigenvalue weighted by atomic mass is 31.2. The highest BCUT2D eigenvalue weighted by Gasteiger charge is 2.27. The van der Waals surface area contributed by atoms with Gasteiger partial charge in [-0.3, -0.25) is 18.6 Å². The molecule has 0 saturated heterocycles.